The standard InChI is InChI=1S/C14H18O/c1-5-11(3)9-13-10-12(6-2)7-8-14(13)15-4/h1,7-8,10-11H,6,9H2,2-4H3. The molecule has 1 rings (SSSR count). The Morgan fingerprint density at radius 1 is 1.47 bits per heavy atom. The second-order valence-corrected chi connectivity index (χ2v) is 3.77. The maximum Gasteiger partial charge on any atom is 0.122 e. The van der Waals surface area contributed by atoms with Crippen molar-refractivity contribution in [3.8, 4) is 18.1 Å². The van der Waals surface area contributed by atoms with E-state index in [1.54, 1.807) is 7.11 Å². The van der Waals surface area contributed by atoms with E-state index in [9.17, 15) is 0 Å². The molecule has 0 radical (unpaired) electrons. The molecule has 0 aliphatic rings. The Hall–Kier alpha value is -1.42. The number of aryl methyl sites for hydroxylation is 1. The highest BCUT2D eigenvalue weighted by Crippen LogP contribution is 2.23. The average molecular weight is 202 g/mol. The van der Waals surface area contributed by atoms with Crippen molar-refractivity contribution in [2.45, 2.75) is 26.7 Å². The molecule has 0 fully saturated rings. The van der Waals surface area contributed by atoms with Crippen LogP contribution < -0.4 is 4.74 Å². The van der Waals surface area contributed by atoms with E-state index in [4.69, 9.17) is 11.2 Å². The quantitative estimate of drug-likeness (QED) is 0.682. The van der Waals surface area contributed by atoms with Gasteiger partial charge in [-0.15, -0.1) is 12.3 Å². The molecule has 1 nitrogen and oxygen atoms in total. The zero-order chi connectivity index (χ0) is 11.3. The van der Waals surface area contributed by atoms with Gasteiger partial charge in [-0.2, -0.15) is 0 Å². The predicted molar refractivity (Wildman–Crippen MR) is 64.1 cm³/mol. The molecule has 80 valence electrons. The summed E-state index contributed by atoms with van der Waals surface area (Å²) < 4.78 is 5.32. The number of terminal acetylenes is 1. The van der Waals surface area contributed by atoms with Gasteiger partial charge in [0.25, 0.3) is 0 Å². The van der Waals surface area contributed by atoms with E-state index in [0.29, 0.717) is 0 Å². The number of hydrogen-bond donors (Lipinski definition) is 0. The van der Waals surface area contributed by atoms with Gasteiger partial charge in [-0.25, -0.2) is 0 Å². The van der Waals surface area contributed by atoms with Crippen LogP contribution in [0.4, 0.5) is 0 Å². The highest BCUT2D eigenvalue weighted by molar-refractivity contribution is 5.38. The largest absolute Gasteiger partial charge is 0.496 e. The van der Waals surface area contributed by atoms with Crippen LogP contribution in [0.1, 0.15) is 25.0 Å². The Labute approximate surface area is 92.5 Å². The zero-order valence-corrected chi connectivity index (χ0v) is 9.71. The number of hydrogen-bond acceptors (Lipinski definition) is 1. The third kappa shape index (κ3) is 3.02. The molecule has 1 atom stereocenters. The maximum atomic E-state index is 5.39. The first-order chi connectivity index (χ1) is 7.21. The van der Waals surface area contributed by atoms with Gasteiger partial charge in [0.05, 0.1) is 7.11 Å². The minimum atomic E-state index is 0.256. The minimum Gasteiger partial charge on any atom is -0.496 e. The highest BCUT2D eigenvalue weighted by atomic mass is 16.5. The predicted octanol–water partition coefficient (Wildman–Crippen LogP) is 3.07. The fraction of sp³-hybridized carbons (Fsp3) is 0.429. The van der Waals surface area contributed by atoms with Crippen molar-refractivity contribution in [3.05, 3.63) is 29.3 Å². The van der Waals surface area contributed by atoms with Gasteiger partial charge >= 0.3 is 0 Å². The van der Waals surface area contributed by atoms with Crippen molar-refractivity contribution in [2.75, 3.05) is 7.11 Å². The summed E-state index contributed by atoms with van der Waals surface area (Å²) in [4.78, 5) is 0. The second-order valence-electron chi connectivity index (χ2n) is 3.77. The summed E-state index contributed by atoms with van der Waals surface area (Å²) in [6.07, 6.45) is 7.32. The third-order valence-electron chi connectivity index (χ3n) is 2.56. The highest BCUT2D eigenvalue weighted by Gasteiger charge is 2.07. The Kier molecular flexibility index (Phi) is 4.24. The van der Waals surface area contributed by atoms with Gasteiger partial charge in [-0.05, 0) is 30.0 Å². The Bertz CT molecular complexity index is 360. The van der Waals surface area contributed by atoms with Crippen LogP contribution in [0.15, 0.2) is 18.2 Å². The van der Waals surface area contributed by atoms with Crippen molar-refractivity contribution in [3.63, 3.8) is 0 Å². The molecule has 0 bridgehead atoms. The van der Waals surface area contributed by atoms with Crippen molar-refractivity contribution < 1.29 is 4.74 Å². The van der Waals surface area contributed by atoms with Gasteiger partial charge in [0, 0.05) is 5.92 Å². The molecule has 0 aliphatic heterocycles. The Morgan fingerprint density at radius 3 is 2.73 bits per heavy atom. The lowest BCUT2D eigenvalue weighted by molar-refractivity contribution is 0.408. The van der Waals surface area contributed by atoms with E-state index in [-0.39, 0.29) is 5.92 Å². The third-order valence-corrected chi connectivity index (χ3v) is 2.56. The number of benzene rings is 1. The fourth-order valence-corrected chi connectivity index (χ4v) is 1.60. The van der Waals surface area contributed by atoms with Gasteiger partial charge in [-0.1, -0.05) is 26.0 Å². The summed E-state index contributed by atoms with van der Waals surface area (Å²) in [5.74, 6) is 3.94. The first kappa shape index (κ1) is 11.7. The summed E-state index contributed by atoms with van der Waals surface area (Å²) >= 11 is 0. The average Bonchev–Trinajstić information content (AvgIpc) is 2.28. The van der Waals surface area contributed by atoms with Gasteiger partial charge < -0.3 is 4.74 Å². The van der Waals surface area contributed by atoms with Crippen molar-refractivity contribution >= 4 is 0 Å². The van der Waals surface area contributed by atoms with E-state index in [0.717, 1.165) is 18.6 Å². The van der Waals surface area contributed by atoms with E-state index >= 15 is 0 Å². The number of ether oxygens (including phenoxy) is 1. The molecule has 0 amide bonds. The smallest absolute Gasteiger partial charge is 0.122 e. The lowest BCUT2D eigenvalue weighted by Gasteiger charge is -2.11. The van der Waals surface area contributed by atoms with Crippen molar-refractivity contribution in [2.24, 2.45) is 5.92 Å². The SMILES string of the molecule is C#CC(C)Cc1cc(CC)ccc1OC. The van der Waals surface area contributed by atoms with Crippen LogP contribution in [-0.2, 0) is 12.8 Å². The summed E-state index contributed by atoms with van der Waals surface area (Å²) in [6.45, 7) is 4.20. The van der Waals surface area contributed by atoms with Gasteiger partial charge in [-0.3, -0.25) is 0 Å². The zero-order valence-electron chi connectivity index (χ0n) is 9.71. The normalized spacial score (nSPS) is 11.9. The van der Waals surface area contributed by atoms with Crippen LogP contribution in [0, 0.1) is 18.3 Å². The van der Waals surface area contributed by atoms with E-state index in [2.05, 4.69) is 31.9 Å². The van der Waals surface area contributed by atoms with Crippen LogP contribution in [0.2, 0.25) is 0 Å². The minimum absolute atomic E-state index is 0.256. The maximum absolute atomic E-state index is 5.39. The molecule has 0 N–H and O–H groups in total. The summed E-state index contributed by atoms with van der Waals surface area (Å²) in [7, 11) is 1.70. The summed E-state index contributed by atoms with van der Waals surface area (Å²) in [6, 6.07) is 6.31. The first-order valence-electron chi connectivity index (χ1n) is 5.33. The Balaban J connectivity index is 2.97. The van der Waals surface area contributed by atoms with Crippen LogP contribution in [0.5, 0.6) is 5.75 Å². The topological polar surface area (TPSA) is 9.23 Å². The summed E-state index contributed by atoms with van der Waals surface area (Å²) in [5.41, 5.74) is 2.54. The molecule has 0 saturated carbocycles. The second kappa shape index (κ2) is 5.46. The number of methoxy groups -OCH3 is 1. The molecule has 0 heterocycles. The molecule has 1 heteroatoms. The lowest BCUT2D eigenvalue weighted by Crippen LogP contribution is -2.00. The molecule has 1 aromatic rings. The van der Waals surface area contributed by atoms with Crippen LogP contribution in [0.25, 0.3) is 0 Å². The molecule has 0 saturated heterocycles. The molecule has 15 heavy (non-hydrogen) atoms. The molecule has 1 unspecified atom stereocenters. The molecule has 1 aromatic carbocycles. The van der Waals surface area contributed by atoms with Crippen molar-refractivity contribution in [1.82, 2.24) is 0 Å². The molecule has 0 aliphatic carbocycles. The van der Waals surface area contributed by atoms with E-state index in [1.165, 1.54) is 11.1 Å². The fourth-order valence-electron chi connectivity index (χ4n) is 1.60. The van der Waals surface area contributed by atoms with Crippen LogP contribution in [0.3, 0.4) is 0 Å². The molecule has 0 spiro atoms. The van der Waals surface area contributed by atoms with Crippen LogP contribution >= 0.6 is 0 Å². The molecule has 0 aromatic heterocycles. The first-order valence-corrected chi connectivity index (χ1v) is 5.33. The lowest BCUT2D eigenvalue weighted by atomic mass is 9.98. The Morgan fingerprint density at radius 2 is 2.20 bits per heavy atom. The van der Waals surface area contributed by atoms with Gasteiger partial charge in [0.1, 0.15) is 5.75 Å². The summed E-state index contributed by atoms with van der Waals surface area (Å²) in [5, 5.41) is 0. The monoisotopic (exact) mass is 202 g/mol. The van der Waals surface area contributed by atoms with Gasteiger partial charge in [0.2, 0.25) is 0 Å². The number of rotatable bonds is 4. The molecular weight excluding hydrogens is 184 g/mol. The van der Waals surface area contributed by atoms with E-state index < -0.39 is 0 Å². The molecular formula is C14H18O. The van der Waals surface area contributed by atoms with Crippen LogP contribution in [-0.4, -0.2) is 7.11 Å². The van der Waals surface area contributed by atoms with Gasteiger partial charge in [0.15, 0.2) is 0 Å². The van der Waals surface area contributed by atoms with Crippen molar-refractivity contribution in [1.29, 1.82) is 0 Å². The van der Waals surface area contributed by atoms with E-state index in [1.807, 2.05) is 6.07 Å².